The van der Waals surface area contributed by atoms with Crippen LogP contribution in [0.4, 0.5) is 0 Å². The third kappa shape index (κ3) is 4.39. The molecule has 0 amide bonds. The van der Waals surface area contributed by atoms with Crippen LogP contribution in [-0.4, -0.2) is 18.0 Å². The quantitative estimate of drug-likeness (QED) is 0.800. The molecule has 2 rings (SSSR count). The molecule has 0 saturated heterocycles. The standard InChI is InChI=1S/C17H23BrN2S/c1-4-15(19)17(16-9-14(18)11-21-16)20(3)10-13-7-5-6-12(2)8-13/h5-9,11,15,17H,4,10,19H2,1-3H3. The molecule has 2 nitrogen and oxygen atoms in total. The molecule has 0 spiro atoms. The predicted octanol–water partition coefficient (Wildman–Crippen LogP) is 4.73. The highest BCUT2D eigenvalue weighted by Gasteiger charge is 2.24. The monoisotopic (exact) mass is 366 g/mol. The van der Waals surface area contributed by atoms with E-state index in [1.165, 1.54) is 16.0 Å². The summed E-state index contributed by atoms with van der Waals surface area (Å²) in [6, 6.07) is 11.3. The minimum absolute atomic E-state index is 0.144. The van der Waals surface area contributed by atoms with Crippen LogP contribution >= 0.6 is 27.3 Å². The summed E-state index contributed by atoms with van der Waals surface area (Å²) in [5.74, 6) is 0. The SMILES string of the molecule is CCC(N)C(c1cc(Br)cs1)N(C)Cc1cccc(C)c1. The number of benzene rings is 1. The lowest BCUT2D eigenvalue weighted by Crippen LogP contribution is -2.38. The van der Waals surface area contributed by atoms with Gasteiger partial charge >= 0.3 is 0 Å². The van der Waals surface area contributed by atoms with Crippen molar-refractivity contribution < 1.29 is 0 Å². The van der Waals surface area contributed by atoms with Gasteiger partial charge in [0, 0.05) is 27.3 Å². The summed E-state index contributed by atoms with van der Waals surface area (Å²) in [5, 5.41) is 2.13. The molecule has 2 aromatic rings. The third-order valence-electron chi connectivity index (χ3n) is 3.75. The van der Waals surface area contributed by atoms with E-state index in [1.807, 2.05) is 0 Å². The van der Waals surface area contributed by atoms with Crippen molar-refractivity contribution in [1.29, 1.82) is 0 Å². The molecule has 0 aliphatic carbocycles. The zero-order chi connectivity index (χ0) is 15.4. The van der Waals surface area contributed by atoms with Gasteiger partial charge in [-0.25, -0.2) is 0 Å². The lowest BCUT2D eigenvalue weighted by atomic mass is 10.0. The second-order valence-corrected chi connectivity index (χ2v) is 7.45. The average Bonchev–Trinajstić information content (AvgIpc) is 2.85. The number of aryl methyl sites for hydroxylation is 1. The van der Waals surface area contributed by atoms with Crippen molar-refractivity contribution in [3.05, 3.63) is 56.2 Å². The van der Waals surface area contributed by atoms with Gasteiger partial charge in [0.25, 0.3) is 0 Å². The van der Waals surface area contributed by atoms with Crippen molar-refractivity contribution in [2.75, 3.05) is 7.05 Å². The Labute approximate surface area is 140 Å². The molecule has 0 saturated carbocycles. The largest absolute Gasteiger partial charge is 0.326 e. The van der Waals surface area contributed by atoms with Crippen LogP contribution in [0.3, 0.4) is 0 Å². The second-order valence-electron chi connectivity index (χ2n) is 5.59. The van der Waals surface area contributed by atoms with Crippen LogP contribution in [0, 0.1) is 6.92 Å². The summed E-state index contributed by atoms with van der Waals surface area (Å²) in [6.07, 6.45) is 0.971. The van der Waals surface area contributed by atoms with Gasteiger partial charge in [-0.3, -0.25) is 4.90 Å². The average molecular weight is 367 g/mol. The van der Waals surface area contributed by atoms with E-state index in [2.05, 4.69) is 77.4 Å². The van der Waals surface area contributed by atoms with E-state index < -0.39 is 0 Å². The first-order chi connectivity index (χ1) is 10.0. The smallest absolute Gasteiger partial charge is 0.0594 e. The molecule has 0 radical (unpaired) electrons. The van der Waals surface area contributed by atoms with Crippen molar-refractivity contribution in [1.82, 2.24) is 4.90 Å². The Bertz CT molecular complexity index is 582. The van der Waals surface area contributed by atoms with Gasteiger partial charge in [0.1, 0.15) is 0 Å². The Kier molecular flexibility index (Phi) is 5.99. The molecule has 1 aromatic carbocycles. The van der Waals surface area contributed by atoms with Crippen LogP contribution < -0.4 is 5.73 Å². The van der Waals surface area contributed by atoms with E-state index in [9.17, 15) is 0 Å². The molecule has 2 unspecified atom stereocenters. The Morgan fingerprint density at radius 1 is 1.33 bits per heavy atom. The highest BCUT2D eigenvalue weighted by molar-refractivity contribution is 9.10. The molecule has 2 N–H and O–H groups in total. The van der Waals surface area contributed by atoms with Crippen LogP contribution in [0.25, 0.3) is 0 Å². The van der Waals surface area contributed by atoms with E-state index in [0.29, 0.717) is 0 Å². The van der Waals surface area contributed by atoms with E-state index in [1.54, 1.807) is 11.3 Å². The number of rotatable bonds is 6. The molecule has 0 bridgehead atoms. The molecule has 0 aliphatic heterocycles. The normalized spacial score (nSPS) is 14.4. The van der Waals surface area contributed by atoms with Crippen LogP contribution in [-0.2, 0) is 6.54 Å². The zero-order valence-corrected chi connectivity index (χ0v) is 15.2. The molecular weight excluding hydrogens is 344 g/mol. The van der Waals surface area contributed by atoms with E-state index in [0.717, 1.165) is 17.4 Å². The molecule has 1 aromatic heterocycles. The maximum Gasteiger partial charge on any atom is 0.0594 e. The number of hydrogen-bond acceptors (Lipinski definition) is 3. The Morgan fingerprint density at radius 2 is 2.10 bits per heavy atom. The van der Waals surface area contributed by atoms with Gasteiger partial charge < -0.3 is 5.73 Å². The van der Waals surface area contributed by atoms with Crippen molar-refractivity contribution in [2.45, 2.75) is 38.9 Å². The van der Waals surface area contributed by atoms with Gasteiger partial charge in [0.2, 0.25) is 0 Å². The minimum atomic E-state index is 0.144. The predicted molar refractivity (Wildman–Crippen MR) is 95.7 cm³/mol. The molecule has 0 fully saturated rings. The summed E-state index contributed by atoms with van der Waals surface area (Å²) < 4.78 is 1.14. The first-order valence-corrected chi connectivity index (χ1v) is 8.93. The van der Waals surface area contributed by atoms with Gasteiger partial charge in [-0.1, -0.05) is 36.8 Å². The molecule has 114 valence electrons. The van der Waals surface area contributed by atoms with Gasteiger partial charge in [0.15, 0.2) is 0 Å². The Morgan fingerprint density at radius 3 is 2.67 bits per heavy atom. The van der Waals surface area contributed by atoms with Crippen LogP contribution in [0.5, 0.6) is 0 Å². The van der Waals surface area contributed by atoms with E-state index in [4.69, 9.17) is 5.73 Å². The fraction of sp³-hybridized carbons (Fsp3) is 0.412. The molecule has 1 heterocycles. The highest BCUT2D eigenvalue weighted by Crippen LogP contribution is 2.32. The number of nitrogens with two attached hydrogens (primary N) is 1. The van der Waals surface area contributed by atoms with Crippen LogP contribution in [0.2, 0.25) is 0 Å². The number of halogens is 1. The van der Waals surface area contributed by atoms with Crippen molar-refractivity contribution in [2.24, 2.45) is 5.73 Å². The summed E-state index contributed by atoms with van der Waals surface area (Å²) >= 11 is 5.32. The summed E-state index contributed by atoms with van der Waals surface area (Å²) in [4.78, 5) is 3.69. The fourth-order valence-electron chi connectivity index (χ4n) is 2.66. The van der Waals surface area contributed by atoms with Gasteiger partial charge in [-0.05, 0) is 48.0 Å². The zero-order valence-electron chi connectivity index (χ0n) is 12.8. The first kappa shape index (κ1) is 16.7. The summed E-state index contributed by atoms with van der Waals surface area (Å²) in [7, 11) is 2.16. The molecular formula is C17H23BrN2S. The molecule has 21 heavy (non-hydrogen) atoms. The van der Waals surface area contributed by atoms with Crippen molar-refractivity contribution in [3.63, 3.8) is 0 Å². The van der Waals surface area contributed by atoms with Crippen LogP contribution in [0.15, 0.2) is 40.2 Å². The topological polar surface area (TPSA) is 29.3 Å². The van der Waals surface area contributed by atoms with E-state index >= 15 is 0 Å². The number of nitrogens with zero attached hydrogens (tertiary/aromatic N) is 1. The van der Waals surface area contributed by atoms with E-state index in [-0.39, 0.29) is 12.1 Å². The Balaban J connectivity index is 2.20. The fourth-order valence-corrected chi connectivity index (χ4v) is 4.34. The lowest BCUT2D eigenvalue weighted by Gasteiger charge is -2.31. The van der Waals surface area contributed by atoms with Crippen molar-refractivity contribution in [3.8, 4) is 0 Å². The molecule has 0 aliphatic rings. The number of hydrogen-bond donors (Lipinski definition) is 1. The summed E-state index contributed by atoms with van der Waals surface area (Å²) in [5.41, 5.74) is 9.03. The van der Waals surface area contributed by atoms with Crippen molar-refractivity contribution >= 4 is 27.3 Å². The second kappa shape index (κ2) is 7.54. The maximum atomic E-state index is 6.39. The first-order valence-electron chi connectivity index (χ1n) is 7.26. The number of likely N-dealkylation sites (N-methyl/N-ethyl adjacent to an activating group) is 1. The van der Waals surface area contributed by atoms with Gasteiger partial charge in [-0.15, -0.1) is 11.3 Å². The van der Waals surface area contributed by atoms with Crippen LogP contribution in [0.1, 0.15) is 35.4 Å². The Hall–Kier alpha value is -0.680. The number of thiophene rings is 1. The van der Waals surface area contributed by atoms with Gasteiger partial charge in [-0.2, -0.15) is 0 Å². The highest BCUT2D eigenvalue weighted by atomic mass is 79.9. The lowest BCUT2D eigenvalue weighted by molar-refractivity contribution is 0.205. The molecule has 4 heteroatoms. The maximum absolute atomic E-state index is 6.39. The van der Waals surface area contributed by atoms with Gasteiger partial charge in [0.05, 0.1) is 6.04 Å². The minimum Gasteiger partial charge on any atom is -0.326 e. The third-order valence-corrected chi connectivity index (χ3v) is 5.51. The molecule has 2 atom stereocenters. The summed E-state index contributed by atoms with van der Waals surface area (Å²) in [6.45, 7) is 5.20.